The Balaban J connectivity index is 2.50. The molecule has 0 aromatic heterocycles. The maximum absolute atomic E-state index is 14.6. The fourth-order valence-electron chi connectivity index (χ4n) is 8.22. The summed E-state index contributed by atoms with van der Waals surface area (Å²) in [7, 11) is 0. The van der Waals surface area contributed by atoms with Crippen molar-refractivity contribution < 1.29 is 43.5 Å². The number of carbonyl (C=O) groups is 8. The summed E-state index contributed by atoms with van der Waals surface area (Å²) in [5.74, 6) is -6.12. The van der Waals surface area contributed by atoms with Crippen LogP contribution in [0, 0.1) is 29.1 Å². The van der Waals surface area contributed by atoms with Gasteiger partial charge in [0, 0.05) is 32.0 Å². The molecule has 0 radical (unpaired) electrons. The number of hydrogen-bond donors (Lipinski definition) is 14. The quantitative estimate of drug-likeness (QED) is 0.0264. The number of nitrogen functional groups attached to an aromatic ring is 1. The molecule has 0 aliphatic carbocycles. The average molecular weight is 1080 g/mol. The summed E-state index contributed by atoms with van der Waals surface area (Å²) in [6, 6.07) is 4.56. The number of nitrogens with zero attached hydrogens (tertiary/aromatic N) is 1. The van der Waals surface area contributed by atoms with E-state index in [2.05, 4.69) is 47.5 Å². The molecule has 0 aliphatic rings. The van der Waals surface area contributed by atoms with Crippen LogP contribution < -0.4 is 65.5 Å². The Morgan fingerprint density at radius 3 is 1.43 bits per heavy atom. The van der Waals surface area contributed by atoms with E-state index in [1.807, 2.05) is 41.5 Å². The Kier molecular flexibility index (Phi) is 28.8. The highest BCUT2D eigenvalue weighted by Crippen LogP contribution is 2.16. The molecule has 0 saturated carbocycles. The largest absolute Gasteiger partial charge is 0.508 e. The van der Waals surface area contributed by atoms with Crippen LogP contribution >= 0.6 is 0 Å². The number of aromatic hydroxyl groups is 1. The normalized spacial score (nSPS) is 13.9. The summed E-state index contributed by atoms with van der Waals surface area (Å²) in [5, 5.41) is 39.9. The molecule has 0 aliphatic heterocycles. The Morgan fingerprint density at radius 1 is 0.532 bits per heavy atom. The van der Waals surface area contributed by atoms with E-state index in [9.17, 15) is 43.5 Å². The first-order chi connectivity index (χ1) is 36.2. The van der Waals surface area contributed by atoms with Crippen LogP contribution in [0.15, 0.2) is 53.5 Å². The van der Waals surface area contributed by atoms with Crippen molar-refractivity contribution in [1.82, 2.24) is 42.5 Å². The minimum absolute atomic E-state index is 0.0346. The zero-order chi connectivity index (χ0) is 57.9. The van der Waals surface area contributed by atoms with Gasteiger partial charge in [-0.25, -0.2) is 0 Å². The molecule has 23 nitrogen and oxygen atoms in total. The molecule has 0 saturated heterocycles. The van der Waals surface area contributed by atoms with Gasteiger partial charge in [-0.3, -0.25) is 48.8 Å². The van der Waals surface area contributed by atoms with Crippen LogP contribution in [0.25, 0.3) is 0 Å². The van der Waals surface area contributed by atoms with Crippen LogP contribution in [0.2, 0.25) is 0 Å². The second-order valence-electron chi connectivity index (χ2n) is 21.1. The lowest BCUT2D eigenvalue weighted by Gasteiger charge is -2.29. The topological polar surface area (TPSA) is 393 Å². The number of benzene rings is 2. The number of carbonyl (C=O) groups excluding carboxylic acids is 8. The van der Waals surface area contributed by atoms with Crippen LogP contribution in [0.3, 0.4) is 0 Å². The van der Waals surface area contributed by atoms with Crippen molar-refractivity contribution in [2.75, 3.05) is 13.1 Å². The van der Waals surface area contributed by atoms with Gasteiger partial charge in [-0.1, -0.05) is 91.8 Å². The molecule has 7 atom stereocenters. The number of phenolic OH excluding ortho intramolecular Hbond substituents is 1. The van der Waals surface area contributed by atoms with Gasteiger partial charge < -0.3 is 70.6 Å². The van der Waals surface area contributed by atoms with Gasteiger partial charge in [0.1, 0.15) is 53.9 Å². The molecular formula is C54H88N14O9. The molecule has 0 unspecified atom stereocenters. The van der Waals surface area contributed by atoms with Gasteiger partial charge >= 0.3 is 0 Å². The smallest absolute Gasteiger partial charge is 0.243 e. The Bertz CT molecular complexity index is 2290. The number of hydrogen-bond acceptors (Lipinski definition) is 12. The monoisotopic (exact) mass is 1080 g/mol. The molecule has 2 aromatic carbocycles. The highest BCUT2D eigenvalue weighted by molar-refractivity contribution is 5.98. The minimum atomic E-state index is -1.38. The maximum Gasteiger partial charge on any atom is 0.243 e. The Morgan fingerprint density at radius 2 is 0.961 bits per heavy atom. The van der Waals surface area contributed by atoms with Gasteiger partial charge in [0.05, 0.1) is 0 Å². The molecule has 0 fully saturated rings. The van der Waals surface area contributed by atoms with E-state index in [4.69, 9.17) is 28.3 Å². The third-order valence-corrected chi connectivity index (χ3v) is 12.2. The van der Waals surface area contributed by atoms with Crippen LogP contribution in [0.5, 0.6) is 5.75 Å². The molecule has 0 heterocycles. The number of unbranched alkanes of at least 4 members (excludes halogenated alkanes) is 1. The summed E-state index contributed by atoms with van der Waals surface area (Å²) < 4.78 is 0. The average Bonchev–Trinajstić information content (AvgIpc) is 3.34. The van der Waals surface area contributed by atoms with E-state index in [0.717, 1.165) is 5.56 Å². The van der Waals surface area contributed by atoms with Gasteiger partial charge in [-0.05, 0) is 105 Å². The summed E-state index contributed by atoms with van der Waals surface area (Å²) in [4.78, 5) is 115. The molecule has 2 rings (SSSR count). The lowest BCUT2D eigenvalue weighted by atomic mass is 9.98. The number of amidine groups is 1. The highest BCUT2D eigenvalue weighted by atomic mass is 16.3. The van der Waals surface area contributed by atoms with Crippen LogP contribution in [-0.4, -0.2) is 120 Å². The molecule has 0 spiro atoms. The highest BCUT2D eigenvalue weighted by Gasteiger charge is 2.35. The van der Waals surface area contributed by atoms with E-state index in [-0.39, 0.29) is 86.9 Å². The summed E-state index contributed by atoms with van der Waals surface area (Å²) >= 11 is 0. The van der Waals surface area contributed by atoms with Crippen molar-refractivity contribution in [3.63, 3.8) is 0 Å². The van der Waals surface area contributed by atoms with Crippen molar-refractivity contribution >= 4 is 59.1 Å². The van der Waals surface area contributed by atoms with Crippen molar-refractivity contribution in [3.8, 4) is 5.75 Å². The van der Waals surface area contributed by atoms with Crippen LogP contribution in [0.4, 0.5) is 0 Å². The van der Waals surface area contributed by atoms with Gasteiger partial charge in [0.15, 0.2) is 5.96 Å². The maximum atomic E-state index is 14.6. The second-order valence-corrected chi connectivity index (χ2v) is 21.1. The van der Waals surface area contributed by atoms with Gasteiger partial charge in [-0.15, -0.1) is 0 Å². The molecule has 428 valence electrons. The SMILES string of the molecule is CC(=O)N[C@@H](CC(C)C)C(=O)N[C@@H](CC(C)C)C(=O)N[C@@H](CC(C)C)C(=O)N[C@@H](Cc1ccc(O)cc1)C(=O)N[C@@H](CCCN=C(N)N)C(=O)N[C@H](C(=O)N[C@@H](CCCCN)C(=O)NCc1ccc(C(=N)N)cc1)C(C)C. The van der Waals surface area contributed by atoms with Crippen molar-refractivity contribution in [2.24, 2.45) is 51.6 Å². The van der Waals surface area contributed by atoms with Gasteiger partial charge in [0.2, 0.25) is 47.3 Å². The standard InChI is InChI=1S/C54H88N14O9/c1-30(2)25-41(62-34(9)69)49(73)65-42(26-31(3)4)50(74)66-43(27-32(5)6)51(75)67-44(28-35-17-21-38(70)22-18-35)52(76)63-40(14-12-24-60-54(58)59)48(72)68-45(33(7)8)53(77)64-39(13-10-11-23-55)47(71)61-29-36-15-19-37(20-16-36)46(56)57/h15-22,30-33,39-45,70H,10-14,23-29,55H2,1-9H3,(H3,56,57)(H,61,71)(H,62,69)(H,63,76)(H,64,77)(H,65,73)(H,66,74)(H,67,75)(H,68,72)(H4,58,59,60)/t39-,40-,41-,42-,43-,44-,45-/m0/s1. The number of nitrogens with two attached hydrogens (primary N) is 4. The number of guanidine groups is 1. The lowest BCUT2D eigenvalue weighted by molar-refractivity contribution is -0.136. The van der Waals surface area contributed by atoms with Gasteiger partial charge in [0.25, 0.3) is 0 Å². The first-order valence-electron chi connectivity index (χ1n) is 26.5. The molecule has 23 heteroatoms. The van der Waals surface area contributed by atoms with Gasteiger partial charge in [-0.2, -0.15) is 0 Å². The van der Waals surface area contributed by atoms with Crippen LogP contribution in [0.1, 0.15) is 130 Å². The fourth-order valence-corrected chi connectivity index (χ4v) is 8.22. The fraction of sp³-hybridized carbons (Fsp3) is 0.593. The zero-order valence-corrected chi connectivity index (χ0v) is 46.4. The molecule has 0 bridgehead atoms. The van der Waals surface area contributed by atoms with E-state index in [1.54, 1.807) is 50.2 Å². The zero-order valence-electron chi connectivity index (χ0n) is 46.4. The Labute approximate surface area is 453 Å². The third-order valence-electron chi connectivity index (χ3n) is 12.2. The predicted molar refractivity (Wildman–Crippen MR) is 296 cm³/mol. The third kappa shape index (κ3) is 25.4. The minimum Gasteiger partial charge on any atom is -0.508 e. The summed E-state index contributed by atoms with van der Waals surface area (Å²) in [6.45, 7) is 16.5. The van der Waals surface area contributed by atoms with E-state index < -0.39 is 95.5 Å². The van der Waals surface area contributed by atoms with Crippen LogP contribution in [-0.2, 0) is 51.3 Å². The first-order valence-corrected chi connectivity index (χ1v) is 26.5. The number of rotatable bonds is 34. The van der Waals surface area contributed by atoms with Crippen molar-refractivity contribution in [1.29, 1.82) is 5.41 Å². The number of aliphatic imine (C=N–C) groups is 1. The Hall–Kier alpha value is -7.30. The van der Waals surface area contributed by atoms with Crippen molar-refractivity contribution in [2.45, 2.75) is 169 Å². The summed E-state index contributed by atoms with van der Waals surface area (Å²) in [6.07, 6.45) is 1.98. The van der Waals surface area contributed by atoms with E-state index in [0.29, 0.717) is 36.9 Å². The second kappa shape index (κ2) is 33.7. The molecule has 18 N–H and O–H groups in total. The molecule has 77 heavy (non-hydrogen) atoms. The van der Waals surface area contributed by atoms with E-state index >= 15 is 0 Å². The molecular weight excluding hydrogens is 989 g/mol. The summed E-state index contributed by atoms with van der Waals surface area (Å²) in [5.41, 5.74) is 24.2. The molecule has 8 amide bonds. The number of nitrogens with one attached hydrogen (secondary N) is 9. The first kappa shape index (κ1) is 65.8. The van der Waals surface area contributed by atoms with Crippen molar-refractivity contribution in [3.05, 3.63) is 65.2 Å². The number of amides is 8. The molecule has 2 aromatic rings. The number of phenols is 1. The van der Waals surface area contributed by atoms with E-state index in [1.165, 1.54) is 19.1 Å². The predicted octanol–water partition coefficient (Wildman–Crippen LogP) is 0.926. The lowest BCUT2D eigenvalue weighted by Crippen LogP contribution is -2.61.